The molecule has 41 heavy (non-hydrogen) atoms. The van der Waals surface area contributed by atoms with Gasteiger partial charge in [0.25, 0.3) is 10.1 Å². The Bertz CT molecular complexity index is 821. The molecule has 0 amide bonds. The van der Waals surface area contributed by atoms with Crippen molar-refractivity contribution in [2.45, 2.75) is 56.8 Å². The van der Waals surface area contributed by atoms with Gasteiger partial charge >= 0.3 is 5.97 Å². The summed E-state index contributed by atoms with van der Waals surface area (Å²) in [5.74, 6) is -0.154. The molecule has 0 aromatic heterocycles. The van der Waals surface area contributed by atoms with Gasteiger partial charge in [-0.2, -0.15) is 8.42 Å². The molecule has 0 unspecified atom stereocenters. The molecule has 11 nitrogen and oxygen atoms in total. The molecular weight excluding hydrogens is 556 g/mol. The Morgan fingerprint density at radius 3 is 1.46 bits per heavy atom. The molecule has 238 valence electrons. The van der Waals surface area contributed by atoms with Gasteiger partial charge < -0.3 is 33.2 Å². The zero-order chi connectivity index (χ0) is 29.7. The molecule has 1 aromatic rings. The van der Waals surface area contributed by atoms with E-state index in [9.17, 15) is 13.2 Å². The molecule has 1 rings (SSSR count). The fourth-order valence-electron chi connectivity index (χ4n) is 3.40. The third kappa shape index (κ3) is 23.6. The van der Waals surface area contributed by atoms with E-state index in [2.05, 4.69) is 6.92 Å². The Kier molecular flexibility index (Phi) is 24.8. The monoisotopic (exact) mass is 606 g/mol. The lowest BCUT2D eigenvalue weighted by Crippen LogP contribution is -2.15. The Labute approximate surface area is 246 Å². The smallest absolute Gasteiger partial charge is 0.305 e. The van der Waals surface area contributed by atoms with Crippen LogP contribution in [0.2, 0.25) is 0 Å². The van der Waals surface area contributed by atoms with Crippen LogP contribution in [0.1, 0.15) is 51.9 Å². The topological polar surface area (TPSA) is 125 Å². The van der Waals surface area contributed by atoms with E-state index in [4.69, 9.17) is 37.3 Å². The zero-order valence-corrected chi connectivity index (χ0v) is 25.5. The van der Waals surface area contributed by atoms with Gasteiger partial charge in [-0.05, 0) is 18.6 Å². The lowest BCUT2D eigenvalue weighted by Gasteiger charge is -2.09. The second kappa shape index (κ2) is 27.2. The van der Waals surface area contributed by atoms with Crippen LogP contribution in [-0.4, -0.2) is 107 Å². The summed E-state index contributed by atoms with van der Waals surface area (Å²) in [7, 11) is -3.75. The lowest BCUT2D eigenvalue weighted by atomic mass is 10.1. The highest BCUT2D eigenvalue weighted by Gasteiger charge is 2.13. The van der Waals surface area contributed by atoms with Crippen molar-refractivity contribution in [3.05, 3.63) is 30.3 Å². The predicted octanol–water partition coefficient (Wildman–Crippen LogP) is 3.79. The fraction of sp³-hybridized carbons (Fsp3) is 0.759. The average Bonchev–Trinajstić information content (AvgIpc) is 2.98. The Hall–Kier alpha value is -1.64. The van der Waals surface area contributed by atoms with E-state index in [1.807, 2.05) is 0 Å². The molecule has 0 saturated carbocycles. The average molecular weight is 607 g/mol. The predicted molar refractivity (Wildman–Crippen MR) is 153 cm³/mol. The molecule has 1 aromatic carbocycles. The van der Waals surface area contributed by atoms with Crippen LogP contribution in [0.25, 0.3) is 0 Å². The van der Waals surface area contributed by atoms with Gasteiger partial charge in [0.15, 0.2) is 0 Å². The van der Waals surface area contributed by atoms with Gasteiger partial charge in [-0.25, -0.2) is 0 Å². The molecule has 0 heterocycles. The van der Waals surface area contributed by atoms with Gasteiger partial charge in [-0.1, -0.05) is 57.2 Å². The normalized spacial score (nSPS) is 11.6. The molecule has 0 fully saturated rings. The van der Waals surface area contributed by atoms with Crippen LogP contribution in [0.3, 0.4) is 0 Å². The molecular formula is C29H50O11S. The second-order valence-corrected chi connectivity index (χ2v) is 10.6. The number of benzene rings is 1. The zero-order valence-electron chi connectivity index (χ0n) is 24.6. The van der Waals surface area contributed by atoms with Crippen molar-refractivity contribution in [3.8, 4) is 0 Å². The van der Waals surface area contributed by atoms with E-state index < -0.39 is 10.1 Å². The van der Waals surface area contributed by atoms with Crippen LogP contribution in [0.5, 0.6) is 0 Å². The molecule has 0 saturated heterocycles. The highest BCUT2D eigenvalue weighted by atomic mass is 32.2. The van der Waals surface area contributed by atoms with Crippen LogP contribution >= 0.6 is 0 Å². The summed E-state index contributed by atoms with van der Waals surface area (Å²) in [6, 6.07) is 7.97. The number of esters is 1. The third-order valence-electron chi connectivity index (χ3n) is 5.58. The van der Waals surface area contributed by atoms with Crippen molar-refractivity contribution in [1.29, 1.82) is 0 Å². The van der Waals surface area contributed by atoms with Crippen LogP contribution < -0.4 is 0 Å². The quantitative estimate of drug-likeness (QED) is 0.0722. The number of carbonyl (C=O) groups excluding carboxylic acids is 1. The van der Waals surface area contributed by atoms with Gasteiger partial charge in [-0.3, -0.25) is 8.98 Å². The van der Waals surface area contributed by atoms with Gasteiger partial charge in [0.2, 0.25) is 0 Å². The standard InChI is InChI=1S/C29H50O11S/c1-2-3-4-5-6-10-13-29(30)39-26-24-37-22-20-35-18-16-33-14-15-34-17-19-36-21-23-38-25-27-40-41(31,32)28-11-8-7-9-12-28/h7-9,11-12H,2-6,10,13-27H2,1H3. The molecule has 0 aliphatic rings. The molecule has 0 atom stereocenters. The van der Waals surface area contributed by atoms with Crippen LogP contribution in [0.4, 0.5) is 0 Å². The molecule has 0 spiro atoms. The van der Waals surface area contributed by atoms with Crippen LogP contribution in [-0.2, 0) is 52.3 Å². The van der Waals surface area contributed by atoms with Gasteiger partial charge in [-0.15, -0.1) is 0 Å². The van der Waals surface area contributed by atoms with Gasteiger partial charge in [0.05, 0.1) is 90.8 Å². The maximum absolute atomic E-state index is 11.9. The van der Waals surface area contributed by atoms with E-state index in [0.717, 1.165) is 12.8 Å². The molecule has 0 bridgehead atoms. The first-order chi connectivity index (χ1) is 20.1. The molecule has 0 N–H and O–H groups in total. The Balaban J connectivity index is 1.72. The minimum atomic E-state index is -3.75. The summed E-state index contributed by atoms with van der Waals surface area (Å²) in [5.41, 5.74) is 0. The van der Waals surface area contributed by atoms with Crippen molar-refractivity contribution >= 4 is 16.1 Å². The highest BCUT2D eigenvalue weighted by Crippen LogP contribution is 2.11. The number of rotatable bonds is 30. The SMILES string of the molecule is CCCCCCCCC(=O)OCCOCCOCCOCCOCCOCCOCCOS(=O)(=O)c1ccccc1. The molecule has 0 aliphatic carbocycles. The fourth-order valence-corrected chi connectivity index (χ4v) is 4.31. The first-order valence-corrected chi connectivity index (χ1v) is 16.0. The minimum absolute atomic E-state index is 0.0583. The van der Waals surface area contributed by atoms with Crippen molar-refractivity contribution in [1.82, 2.24) is 0 Å². The highest BCUT2D eigenvalue weighted by molar-refractivity contribution is 7.86. The van der Waals surface area contributed by atoms with Gasteiger partial charge in [0.1, 0.15) is 6.61 Å². The van der Waals surface area contributed by atoms with Crippen molar-refractivity contribution < 1.29 is 50.6 Å². The summed E-state index contributed by atoms with van der Waals surface area (Å²) in [4.78, 5) is 11.8. The van der Waals surface area contributed by atoms with E-state index >= 15 is 0 Å². The third-order valence-corrected chi connectivity index (χ3v) is 6.91. The van der Waals surface area contributed by atoms with E-state index in [1.165, 1.54) is 37.8 Å². The van der Waals surface area contributed by atoms with E-state index in [-0.39, 0.29) is 30.7 Å². The second-order valence-electron chi connectivity index (χ2n) is 9.00. The Morgan fingerprint density at radius 2 is 0.976 bits per heavy atom. The summed E-state index contributed by atoms with van der Waals surface area (Å²) < 4.78 is 66.4. The Morgan fingerprint density at radius 1 is 0.561 bits per heavy atom. The van der Waals surface area contributed by atoms with E-state index in [1.54, 1.807) is 18.2 Å². The maximum atomic E-state index is 11.9. The number of carbonyl (C=O) groups is 1. The van der Waals surface area contributed by atoms with Crippen LogP contribution in [0.15, 0.2) is 35.2 Å². The minimum Gasteiger partial charge on any atom is -0.463 e. The maximum Gasteiger partial charge on any atom is 0.305 e. The number of ether oxygens (including phenoxy) is 7. The first-order valence-electron chi connectivity index (χ1n) is 14.6. The summed E-state index contributed by atoms with van der Waals surface area (Å²) in [5, 5.41) is 0. The summed E-state index contributed by atoms with van der Waals surface area (Å²) in [6.07, 6.45) is 7.37. The molecule has 12 heteroatoms. The van der Waals surface area contributed by atoms with Crippen molar-refractivity contribution in [3.63, 3.8) is 0 Å². The summed E-state index contributed by atoms with van der Waals surface area (Å²) >= 11 is 0. The first kappa shape index (κ1) is 37.4. The molecule has 0 radical (unpaired) electrons. The van der Waals surface area contributed by atoms with Crippen LogP contribution in [0, 0.1) is 0 Å². The van der Waals surface area contributed by atoms with Crippen molar-refractivity contribution in [2.75, 3.05) is 92.5 Å². The molecule has 0 aliphatic heterocycles. The summed E-state index contributed by atoms with van der Waals surface area (Å²) in [6.45, 7) is 7.20. The lowest BCUT2D eigenvalue weighted by molar-refractivity contribution is -0.145. The largest absolute Gasteiger partial charge is 0.463 e. The number of unbranched alkanes of at least 4 members (excludes halogenated alkanes) is 5. The van der Waals surface area contributed by atoms with Crippen molar-refractivity contribution in [2.24, 2.45) is 0 Å². The number of hydrogen-bond acceptors (Lipinski definition) is 11. The van der Waals surface area contributed by atoms with Gasteiger partial charge in [0, 0.05) is 6.42 Å². The number of hydrogen-bond donors (Lipinski definition) is 0. The van der Waals surface area contributed by atoms with E-state index in [0.29, 0.717) is 79.1 Å².